The summed E-state index contributed by atoms with van der Waals surface area (Å²) < 4.78 is 27.8. The molecule has 2 N–H and O–H groups in total. The van der Waals surface area contributed by atoms with Gasteiger partial charge in [-0.3, -0.25) is 14.3 Å². The van der Waals surface area contributed by atoms with Gasteiger partial charge in [-0.1, -0.05) is 6.07 Å². The van der Waals surface area contributed by atoms with Gasteiger partial charge in [0.2, 0.25) is 0 Å². The van der Waals surface area contributed by atoms with E-state index >= 15 is 0 Å². The number of anilines is 1. The van der Waals surface area contributed by atoms with Crippen molar-refractivity contribution < 1.29 is 13.2 Å². The summed E-state index contributed by atoms with van der Waals surface area (Å²) in [7, 11) is -2.04. The van der Waals surface area contributed by atoms with Crippen LogP contribution in [0.4, 0.5) is 5.69 Å². The Morgan fingerprint density at radius 3 is 2.60 bits per heavy atom. The summed E-state index contributed by atoms with van der Waals surface area (Å²) in [5.74, 6) is 0.109. The van der Waals surface area contributed by atoms with E-state index in [-0.39, 0.29) is 22.2 Å². The summed E-state index contributed by atoms with van der Waals surface area (Å²) >= 11 is 2.44. The molecule has 0 radical (unpaired) electrons. The topological polar surface area (TPSA) is 112 Å². The first-order valence-electron chi connectivity index (χ1n) is 8.72. The number of H-pyrrole nitrogens is 1. The van der Waals surface area contributed by atoms with E-state index in [1.165, 1.54) is 34.4 Å². The van der Waals surface area contributed by atoms with Crippen LogP contribution in [0, 0.1) is 0 Å². The number of aromatic amines is 1. The second kappa shape index (κ2) is 8.01. The van der Waals surface area contributed by atoms with Crippen molar-refractivity contribution in [3.05, 3.63) is 75.0 Å². The first-order valence-corrected chi connectivity index (χ1v) is 12.0. The van der Waals surface area contributed by atoms with Gasteiger partial charge in [0, 0.05) is 18.3 Å². The number of benzene rings is 1. The maximum Gasteiger partial charge on any atom is 0.271 e. The lowest BCUT2D eigenvalue weighted by Crippen LogP contribution is -2.28. The molecule has 11 heteroatoms. The SMILES string of the molecule is CN(Cc1nc2ccsc2c(=O)[nH]1)C(=O)c1ccc(NS(=O)(=O)c2cccs2)cc1. The van der Waals surface area contributed by atoms with Gasteiger partial charge in [-0.05, 0) is 47.2 Å². The molecule has 0 spiro atoms. The zero-order chi connectivity index (χ0) is 21.3. The van der Waals surface area contributed by atoms with Crippen LogP contribution in [0.25, 0.3) is 10.2 Å². The van der Waals surface area contributed by atoms with E-state index in [0.717, 1.165) is 11.3 Å². The number of sulfonamides is 1. The van der Waals surface area contributed by atoms with Crippen molar-refractivity contribution in [2.75, 3.05) is 11.8 Å². The summed E-state index contributed by atoms with van der Waals surface area (Å²) in [6, 6.07) is 11.1. The fourth-order valence-electron chi connectivity index (χ4n) is 2.82. The molecule has 0 aliphatic heterocycles. The molecule has 1 amide bonds. The molecule has 0 atom stereocenters. The molecule has 1 aromatic carbocycles. The number of nitrogens with one attached hydrogen (secondary N) is 2. The van der Waals surface area contributed by atoms with Crippen LogP contribution in [-0.4, -0.2) is 36.2 Å². The van der Waals surface area contributed by atoms with Gasteiger partial charge in [0.05, 0.1) is 12.1 Å². The van der Waals surface area contributed by atoms with Crippen LogP contribution < -0.4 is 10.3 Å². The molecule has 3 aromatic heterocycles. The first kappa shape index (κ1) is 20.3. The maximum atomic E-state index is 12.7. The number of hydrogen-bond acceptors (Lipinski definition) is 7. The largest absolute Gasteiger partial charge is 0.334 e. The predicted molar refractivity (Wildman–Crippen MR) is 118 cm³/mol. The Kier molecular flexibility index (Phi) is 5.41. The minimum absolute atomic E-state index is 0.132. The Morgan fingerprint density at radius 1 is 1.13 bits per heavy atom. The van der Waals surface area contributed by atoms with Crippen LogP contribution in [0.2, 0.25) is 0 Å². The van der Waals surface area contributed by atoms with Gasteiger partial charge in [0.1, 0.15) is 14.7 Å². The molecule has 0 saturated carbocycles. The van der Waals surface area contributed by atoms with Crippen molar-refractivity contribution in [2.24, 2.45) is 0 Å². The Morgan fingerprint density at radius 2 is 1.90 bits per heavy atom. The Labute approximate surface area is 179 Å². The number of rotatable bonds is 6. The highest BCUT2D eigenvalue weighted by Crippen LogP contribution is 2.21. The third kappa shape index (κ3) is 4.13. The zero-order valence-corrected chi connectivity index (χ0v) is 18.1. The van der Waals surface area contributed by atoms with E-state index < -0.39 is 10.0 Å². The fraction of sp³-hybridized carbons (Fsp3) is 0.105. The van der Waals surface area contributed by atoms with E-state index in [2.05, 4.69) is 14.7 Å². The summed E-state index contributed by atoms with van der Waals surface area (Å²) in [5, 5.41) is 3.48. The summed E-state index contributed by atoms with van der Waals surface area (Å²) in [6.07, 6.45) is 0. The lowest BCUT2D eigenvalue weighted by Gasteiger charge is -2.17. The van der Waals surface area contributed by atoms with Crippen molar-refractivity contribution in [3.8, 4) is 0 Å². The van der Waals surface area contributed by atoms with Gasteiger partial charge in [-0.2, -0.15) is 0 Å². The Hall–Kier alpha value is -3.02. The molecule has 8 nitrogen and oxygen atoms in total. The highest BCUT2D eigenvalue weighted by molar-refractivity contribution is 7.94. The molecular formula is C19H16N4O4S3. The summed E-state index contributed by atoms with van der Waals surface area (Å²) in [4.78, 5) is 33.3. The first-order chi connectivity index (χ1) is 14.3. The second-order valence-electron chi connectivity index (χ2n) is 6.42. The van der Waals surface area contributed by atoms with Gasteiger partial charge in [0.25, 0.3) is 21.5 Å². The quantitative estimate of drug-likeness (QED) is 0.459. The lowest BCUT2D eigenvalue weighted by molar-refractivity contribution is 0.0781. The molecule has 0 saturated heterocycles. The number of fused-ring (bicyclic) bond motifs is 1. The molecule has 0 aliphatic carbocycles. The smallest absolute Gasteiger partial charge is 0.271 e. The van der Waals surface area contributed by atoms with Crippen molar-refractivity contribution >= 4 is 54.5 Å². The van der Waals surface area contributed by atoms with Gasteiger partial charge in [0.15, 0.2) is 0 Å². The Bertz CT molecular complexity index is 1360. The molecule has 0 unspecified atom stereocenters. The average molecular weight is 461 g/mol. The van der Waals surface area contributed by atoms with Crippen LogP contribution in [0.15, 0.2) is 62.2 Å². The maximum absolute atomic E-state index is 12.7. The molecule has 0 aliphatic rings. The van der Waals surface area contributed by atoms with E-state index in [9.17, 15) is 18.0 Å². The minimum Gasteiger partial charge on any atom is -0.334 e. The minimum atomic E-state index is -3.65. The van der Waals surface area contributed by atoms with Gasteiger partial charge < -0.3 is 9.88 Å². The third-order valence-electron chi connectivity index (χ3n) is 4.24. The monoisotopic (exact) mass is 460 g/mol. The molecule has 0 bridgehead atoms. The predicted octanol–water partition coefficient (Wildman–Crippen LogP) is 3.12. The van der Waals surface area contributed by atoms with E-state index in [1.807, 2.05) is 0 Å². The van der Waals surface area contributed by atoms with Gasteiger partial charge >= 0.3 is 0 Å². The average Bonchev–Trinajstić information content (AvgIpc) is 3.40. The van der Waals surface area contributed by atoms with Gasteiger partial charge in [-0.25, -0.2) is 13.4 Å². The molecule has 154 valence electrons. The number of aromatic nitrogens is 2. The highest BCUT2D eigenvalue weighted by atomic mass is 32.2. The van der Waals surface area contributed by atoms with E-state index in [0.29, 0.717) is 27.3 Å². The lowest BCUT2D eigenvalue weighted by atomic mass is 10.2. The van der Waals surface area contributed by atoms with Crippen LogP contribution in [0.3, 0.4) is 0 Å². The molecule has 4 aromatic rings. The summed E-state index contributed by atoms with van der Waals surface area (Å²) in [6.45, 7) is 0.132. The van der Waals surface area contributed by atoms with E-state index in [4.69, 9.17) is 0 Å². The Balaban J connectivity index is 1.46. The number of carbonyl (C=O) groups is 1. The molecule has 3 heterocycles. The van der Waals surface area contributed by atoms with Crippen LogP contribution in [-0.2, 0) is 16.6 Å². The fourth-order valence-corrected chi connectivity index (χ4v) is 5.59. The second-order valence-corrected chi connectivity index (χ2v) is 10.2. The van der Waals surface area contributed by atoms with Crippen molar-refractivity contribution in [1.29, 1.82) is 0 Å². The molecule has 30 heavy (non-hydrogen) atoms. The van der Waals surface area contributed by atoms with Crippen LogP contribution in [0.1, 0.15) is 16.2 Å². The zero-order valence-electron chi connectivity index (χ0n) is 15.7. The number of hydrogen-bond donors (Lipinski definition) is 2. The van der Waals surface area contributed by atoms with Gasteiger partial charge in [-0.15, -0.1) is 22.7 Å². The molecule has 0 fully saturated rings. The number of nitrogens with zero attached hydrogens (tertiary/aromatic N) is 2. The molecular weight excluding hydrogens is 444 g/mol. The normalized spacial score (nSPS) is 11.5. The molecule has 4 rings (SSSR count). The standard InChI is InChI=1S/C19H16N4O4S3/c1-23(11-15-20-14-8-10-29-17(14)18(24)21-15)19(25)12-4-6-13(7-5-12)22-30(26,27)16-3-2-9-28-16/h2-10,22H,11H2,1H3,(H,20,21,24). The summed E-state index contributed by atoms with van der Waals surface area (Å²) in [5.41, 5.74) is 1.11. The van der Waals surface area contributed by atoms with Crippen molar-refractivity contribution in [3.63, 3.8) is 0 Å². The third-order valence-corrected chi connectivity index (χ3v) is 7.92. The van der Waals surface area contributed by atoms with Crippen LogP contribution >= 0.6 is 22.7 Å². The van der Waals surface area contributed by atoms with Crippen molar-refractivity contribution in [2.45, 2.75) is 10.8 Å². The number of thiophene rings is 2. The van der Waals surface area contributed by atoms with Crippen LogP contribution in [0.5, 0.6) is 0 Å². The number of amides is 1. The number of carbonyl (C=O) groups excluding carboxylic acids is 1. The highest BCUT2D eigenvalue weighted by Gasteiger charge is 2.17. The van der Waals surface area contributed by atoms with E-state index in [1.54, 1.807) is 42.1 Å². The van der Waals surface area contributed by atoms with Crippen molar-refractivity contribution in [1.82, 2.24) is 14.9 Å².